The molecule has 2 aromatic heterocycles. The Hall–Kier alpha value is -2.08. The summed E-state index contributed by atoms with van der Waals surface area (Å²) in [4.78, 5) is 14.5. The number of nitrogens with zero attached hydrogens (tertiary/aromatic N) is 3. The van der Waals surface area contributed by atoms with Crippen LogP contribution in [0, 0.1) is 0 Å². The van der Waals surface area contributed by atoms with Gasteiger partial charge in [0.25, 0.3) is 5.91 Å². The number of amides is 1. The standard InChI is InChI=1S/C17H24N4O2/c1-2-21-12-14(11-19-21)10-18-17(22)16-7-6-15(23-16)13-20-8-4-3-5-9-20/h6-7,11-12H,2-5,8-10,13H2,1H3,(H,18,22). The van der Waals surface area contributed by atoms with Crippen LogP contribution >= 0.6 is 0 Å². The van der Waals surface area contributed by atoms with Crippen LogP contribution in [0.25, 0.3) is 0 Å². The van der Waals surface area contributed by atoms with Crippen molar-refractivity contribution in [2.75, 3.05) is 13.1 Å². The van der Waals surface area contributed by atoms with Gasteiger partial charge in [-0.05, 0) is 45.0 Å². The van der Waals surface area contributed by atoms with Crippen molar-refractivity contribution in [2.45, 2.75) is 45.8 Å². The molecule has 124 valence electrons. The molecule has 3 rings (SSSR count). The second-order valence-electron chi connectivity index (χ2n) is 5.99. The third-order valence-electron chi connectivity index (χ3n) is 4.18. The van der Waals surface area contributed by atoms with Crippen LogP contribution < -0.4 is 5.32 Å². The van der Waals surface area contributed by atoms with Gasteiger partial charge in [-0.25, -0.2) is 0 Å². The van der Waals surface area contributed by atoms with Crippen LogP contribution in [0.2, 0.25) is 0 Å². The number of aromatic nitrogens is 2. The topological polar surface area (TPSA) is 63.3 Å². The molecule has 2 aromatic rings. The van der Waals surface area contributed by atoms with E-state index in [2.05, 4.69) is 15.3 Å². The molecule has 1 fully saturated rings. The van der Waals surface area contributed by atoms with Crippen LogP contribution in [0.5, 0.6) is 0 Å². The number of hydrogen-bond acceptors (Lipinski definition) is 4. The molecule has 1 aliphatic rings. The molecule has 0 atom stereocenters. The number of aryl methyl sites for hydroxylation is 1. The zero-order chi connectivity index (χ0) is 16.1. The number of likely N-dealkylation sites (tertiary alicyclic amines) is 1. The summed E-state index contributed by atoms with van der Waals surface area (Å²) in [7, 11) is 0. The molecule has 0 radical (unpaired) electrons. The SMILES string of the molecule is CCn1cc(CNC(=O)c2ccc(CN3CCCCC3)o2)cn1. The van der Waals surface area contributed by atoms with Gasteiger partial charge in [0.05, 0.1) is 12.7 Å². The van der Waals surface area contributed by atoms with Crippen LogP contribution in [0.4, 0.5) is 0 Å². The van der Waals surface area contributed by atoms with Crippen molar-refractivity contribution in [1.82, 2.24) is 20.0 Å². The molecule has 0 aromatic carbocycles. The lowest BCUT2D eigenvalue weighted by atomic mass is 10.1. The monoisotopic (exact) mass is 316 g/mol. The summed E-state index contributed by atoms with van der Waals surface area (Å²) in [6, 6.07) is 3.66. The summed E-state index contributed by atoms with van der Waals surface area (Å²) in [6.07, 6.45) is 7.52. The molecule has 1 N–H and O–H groups in total. The van der Waals surface area contributed by atoms with Crippen molar-refractivity contribution in [3.63, 3.8) is 0 Å². The Kier molecular flexibility index (Phi) is 5.12. The van der Waals surface area contributed by atoms with Gasteiger partial charge in [0.15, 0.2) is 5.76 Å². The maximum Gasteiger partial charge on any atom is 0.287 e. The first-order chi connectivity index (χ1) is 11.2. The molecule has 23 heavy (non-hydrogen) atoms. The first-order valence-corrected chi connectivity index (χ1v) is 8.35. The number of furan rings is 1. The average Bonchev–Trinajstić information content (AvgIpc) is 3.23. The van der Waals surface area contributed by atoms with Crippen molar-refractivity contribution >= 4 is 5.91 Å². The van der Waals surface area contributed by atoms with Gasteiger partial charge in [0.2, 0.25) is 0 Å². The van der Waals surface area contributed by atoms with Crippen molar-refractivity contribution in [2.24, 2.45) is 0 Å². The number of nitrogens with one attached hydrogen (secondary N) is 1. The zero-order valence-electron chi connectivity index (χ0n) is 13.6. The van der Waals surface area contributed by atoms with E-state index in [0.717, 1.165) is 37.5 Å². The lowest BCUT2D eigenvalue weighted by Gasteiger charge is -2.25. The summed E-state index contributed by atoms with van der Waals surface area (Å²) >= 11 is 0. The molecule has 6 nitrogen and oxygen atoms in total. The van der Waals surface area contributed by atoms with Crippen molar-refractivity contribution in [1.29, 1.82) is 0 Å². The molecule has 0 aliphatic carbocycles. The fourth-order valence-electron chi connectivity index (χ4n) is 2.86. The Labute approximate surface area is 136 Å². The number of carbonyl (C=O) groups excluding carboxylic acids is 1. The van der Waals surface area contributed by atoms with Gasteiger partial charge in [0, 0.05) is 24.8 Å². The molecule has 6 heteroatoms. The highest BCUT2D eigenvalue weighted by atomic mass is 16.4. The number of piperidine rings is 1. The predicted octanol–water partition coefficient (Wildman–Crippen LogP) is 2.41. The van der Waals surface area contributed by atoms with Crippen molar-refractivity contribution in [3.05, 3.63) is 41.6 Å². The van der Waals surface area contributed by atoms with Gasteiger partial charge in [-0.2, -0.15) is 5.10 Å². The van der Waals surface area contributed by atoms with Crippen LogP contribution in [-0.4, -0.2) is 33.7 Å². The van der Waals surface area contributed by atoms with Crippen LogP contribution in [0.1, 0.15) is 48.1 Å². The van der Waals surface area contributed by atoms with Gasteiger partial charge in [-0.3, -0.25) is 14.4 Å². The highest BCUT2D eigenvalue weighted by Crippen LogP contribution is 2.15. The number of carbonyl (C=O) groups is 1. The van der Waals surface area contributed by atoms with Crippen molar-refractivity contribution in [3.8, 4) is 0 Å². The molecular formula is C17H24N4O2. The van der Waals surface area contributed by atoms with E-state index >= 15 is 0 Å². The normalized spacial score (nSPS) is 15.7. The summed E-state index contributed by atoms with van der Waals surface area (Å²) in [5.41, 5.74) is 0.986. The molecule has 0 bridgehead atoms. The Morgan fingerprint density at radius 1 is 1.30 bits per heavy atom. The van der Waals surface area contributed by atoms with Gasteiger partial charge in [-0.1, -0.05) is 6.42 Å². The van der Waals surface area contributed by atoms with E-state index in [1.54, 1.807) is 12.3 Å². The molecule has 1 aliphatic heterocycles. The summed E-state index contributed by atoms with van der Waals surface area (Å²) < 4.78 is 7.53. The smallest absolute Gasteiger partial charge is 0.287 e. The zero-order valence-corrected chi connectivity index (χ0v) is 13.6. The van der Waals surface area contributed by atoms with E-state index in [1.807, 2.05) is 23.9 Å². The van der Waals surface area contributed by atoms with Crippen LogP contribution in [0.3, 0.4) is 0 Å². The van der Waals surface area contributed by atoms with Crippen LogP contribution in [0.15, 0.2) is 28.9 Å². The number of rotatable bonds is 6. The molecular weight excluding hydrogens is 292 g/mol. The van der Waals surface area contributed by atoms with Crippen LogP contribution in [-0.2, 0) is 19.6 Å². The van der Waals surface area contributed by atoms with Gasteiger partial charge in [0.1, 0.15) is 5.76 Å². The lowest BCUT2D eigenvalue weighted by molar-refractivity contribution is 0.0918. The van der Waals surface area contributed by atoms with E-state index in [-0.39, 0.29) is 5.91 Å². The molecule has 3 heterocycles. The lowest BCUT2D eigenvalue weighted by Crippen LogP contribution is -2.28. The summed E-state index contributed by atoms with van der Waals surface area (Å²) in [5, 5.41) is 7.06. The fraction of sp³-hybridized carbons (Fsp3) is 0.529. The minimum atomic E-state index is -0.181. The third kappa shape index (κ3) is 4.22. The van der Waals surface area contributed by atoms with E-state index in [1.165, 1.54) is 19.3 Å². The molecule has 1 amide bonds. The first-order valence-electron chi connectivity index (χ1n) is 8.35. The average molecular weight is 316 g/mol. The van der Waals surface area contributed by atoms with Crippen molar-refractivity contribution < 1.29 is 9.21 Å². The maximum absolute atomic E-state index is 12.2. The van der Waals surface area contributed by atoms with E-state index in [0.29, 0.717) is 12.3 Å². The minimum absolute atomic E-state index is 0.181. The Morgan fingerprint density at radius 3 is 2.87 bits per heavy atom. The van der Waals surface area contributed by atoms with Gasteiger partial charge >= 0.3 is 0 Å². The maximum atomic E-state index is 12.2. The summed E-state index contributed by atoms with van der Waals surface area (Å²) in [6.45, 7) is 6.33. The largest absolute Gasteiger partial charge is 0.455 e. The second kappa shape index (κ2) is 7.46. The Morgan fingerprint density at radius 2 is 2.13 bits per heavy atom. The third-order valence-corrected chi connectivity index (χ3v) is 4.18. The predicted molar refractivity (Wildman–Crippen MR) is 86.9 cm³/mol. The molecule has 0 saturated carbocycles. The van der Waals surface area contributed by atoms with Gasteiger partial charge in [-0.15, -0.1) is 0 Å². The Balaban J connectivity index is 1.51. The highest BCUT2D eigenvalue weighted by Gasteiger charge is 2.15. The number of hydrogen-bond donors (Lipinski definition) is 1. The highest BCUT2D eigenvalue weighted by molar-refractivity contribution is 5.91. The van der Waals surface area contributed by atoms with E-state index < -0.39 is 0 Å². The van der Waals surface area contributed by atoms with E-state index in [9.17, 15) is 4.79 Å². The Bertz CT molecular complexity index is 641. The molecule has 0 unspecified atom stereocenters. The fourth-order valence-corrected chi connectivity index (χ4v) is 2.86. The second-order valence-corrected chi connectivity index (χ2v) is 5.99. The first kappa shape index (κ1) is 15.8. The van der Waals surface area contributed by atoms with Gasteiger partial charge < -0.3 is 9.73 Å². The summed E-state index contributed by atoms with van der Waals surface area (Å²) in [5.74, 6) is 1.05. The quantitative estimate of drug-likeness (QED) is 0.889. The molecule has 0 spiro atoms. The minimum Gasteiger partial charge on any atom is -0.455 e. The molecule has 1 saturated heterocycles. The van der Waals surface area contributed by atoms with E-state index in [4.69, 9.17) is 4.42 Å².